The van der Waals surface area contributed by atoms with Crippen LogP contribution >= 0.6 is 0 Å². The van der Waals surface area contributed by atoms with Gasteiger partial charge >= 0.3 is 0 Å². The van der Waals surface area contributed by atoms with Crippen LogP contribution in [-0.4, -0.2) is 35.8 Å². The van der Waals surface area contributed by atoms with E-state index in [-0.39, 0.29) is 17.5 Å². The van der Waals surface area contributed by atoms with E-state index >= 15 is 0 Å². The fourth-order valence-corrected chi connectivity index (χ4v) is 2.84. The number of hydrogen-bond donors (Lipinski definition) is 1. The molecule has 0 heterocycles. The van der Waals surface area contributed by atoms with Crippen LogP contribution in [0.15, 0.2) is 24.3 Å². The van der Waals surface area contributed by atoms with Crippen LogP contribution in [0.1, 0.15) is 43.0 Å². The quantitative estimate of drug-likeness (QED) is 0.905. The molecule has 0 saturated heterocycles. The van der Waals surface area contributed by atoms with E-state index in [2.05, 4.69) is 5.32 Å². The van der Waals surface area contributed by atoms with Crippen molar-refractivity contribution in [1.29, 1.82) is 0 Å². The number of benzene rings is 1. The van der Waals surface area contributed by atoms with E-state index < -0.39 is 11.7 Å². The first-order valence-corrected chi connectivity index (χ1v) is 7.39. The maximum Gasteiger partial charge on any atom is 0.254 e. The summed E-state index contributed by atoms with van der Waals surface area (Å²) in [5.74, 6) is -0.945. The van der Waals surface area contributed by atoms with Crippen LogP contribution < -0.4 is 5.32 Å². The molecule has 0 aliphatic heterocycles. The van der Waals surface area contributed by atoms with Crippen molar-refractivity contribution in [2.45, 2.75) is 38.6 Å². The maximum atomic E-state index is 13.5. The second-order valence-electron chi connectivity index (χ2n) is 5.39. The predicted molar refractivity (Wildman–Crippen MR) is 78.4 cm³/mol. The average Bonchev–Trinajstić information content (AvgIpc) is 2.97. The summed E-state index contributed by atoms with van der Waals surface area (Å²) in [6.45, 7) is 2.36. The number of amides is 2. The smallest absolute Gasteiger partial charge is 0.254 e. The molecule has 1 aliphatic rings. The number of hydrogen-bond acceptors (Lipinski definition) is 2. The Balaban J connectivity index is 1.86. The third-order valence-corrected chi connectivity index (χ3v) is 3.93. The highest BCUT2D eigenvalue weighted by Gasteiger charge is 2.24. The molecule has 0 aromatic heterocycles. The SMILES string of the molecule is CC(=O)N(CCNC(=O)c1ccccc1F)C1CCCC1. The van der Waals surface area contributed by atoms with E-state index in [9.17, 15) is 14.0 Å². The van der Waals surface area contributed by atoms with E-state index in [4.69, 9.17) is 0 Å². The molecule has 1 aromatic rings. The zero-order valence-electron chi connectivity index (χ0n) is 12.3. The first kappa shape index (κ1) is 15.5. The van der Waals surface area contributed by atoms with Crippen molar-refractivity contribution in [2.24, 2.45) is 0 Å². The summed E-state index contributed by atoms with van der Waals surface area (Å²) in [5.41, 5.74) is 0.0349. The number of carbonyl (C=O) groups excluding carboxylic acids is 2. The van der Waals surface area contributed by atoms with Gasteiger partial charge in [0.1, 0.15) is 5.82 Å². The fraction of sp³-hybridized carbons (Fsp3) is 0.500. The molecule has 2 amide bonds. The van der Waals surface area contributed by atoms with Crippen LogP contribution in [0.2, 0.25) is 0 Å². The molecule has 0 radical (unpaired) electrons. The highest BCUT2D eigenvalue weighted by Crippen LogP contribution is 2.23. The number of nitrogens with zero attached hydrogens (tertiary/aromatic N) is 1. The summed E-state index contributed by atoms with van der Waals surface area (Å²) in [5, 5.41) is 2.68. The minimum Gasteiger partial charge on any atom is -0.350 e. The Morgan fingerprint density at radius 1 is 1.29 bits per heavy atom. The molecule has 1 N–H and O–H groups in total. The lowest BCUT2D eigenvalue weighted by atomic mass is 10.2. The van der Waals surface area contributed by atoms with Gasteiger partial charge in [-0.2, -0.15) is 0 Å². The zero-order valence-corrected chi connectivity index (χ0v) is 12.3. The van der Waals surface area contributed by atoms with E-state index in [1.165, 1.54) is 12.1 Å². The largest absolute Gasteiger partial charge is 0.350 e. The number of halogens is 1. The Bertz CT molecular complexity index is 513. The molecular formula is C16H21FN2O2. The van der Waals surface area contributed by atoms with Crippen LogP contribution in [0.4, 0.5) is 4.39 Å². The molecule has 0 atom stereocenters. The molecule has 21 heavy (non-hydrogen) atoms. The van der Waals surface area contributed by atoms with Gasteiger partial charge in [0.25, 0.3) is 5.91 Å². The molecule has 0 unspecified atom stereocenters. The van der Waals surface area contributed by atoms with Crippen molar-refractivity contribution in [1.82, 2.24) is 10.2 Å². The van der Waals surface area contributed by atoms with Crippen LogP contribution in [0.5, 0.6) is 0 Å². The summed E-state index contributed by atoms with van der Waals surface area (Å²) in [7, 11) is 0. The van der Waals surface area contributed by atoms with Gasteiger partial charge in [-0.15, -0.1) is 0 Å². The van der Waals surface area contributed by atoms with Crippen LogP contribution in [-0.2, 0) is 4.79 Å². The standard InChI is InChI=1S/C16H21FN2O2/c1-12(20)19(13-6-2-3-7-13)11-10-18-16(21)14-8-4-5-9-15(14)17/h4-5,8-9,13H,2-3,6-7,10-11H2,1H3,(H,18,21). The molecule has 114 valence electrons. The fourth-order valence-electron chi connectivity index (χ4n) is 2.84. The Labute approximate surface area is 124 Å². The van der Waals surface area contributed by atoms with Crippen LogP contribution in [0.3, 0.4) is 0 Å². The van der Waals surface area contributed by atoms with Gasteiger partial charge in [-0.05, 0) is 25.0 Å². The van der Waals surface area contributed by atoms with Crippen molar-refractivity contribution < 1.29 is 14.0 Å². The monoisotopic (exact) mass is 292 g/mol. The van der Waals surface area contributed by atoms with Gasteiger partial charge in [0.15, 0.2) is 0 Å². The normalized spacial score (nSPS) is 15.0. The Hall–Kier alpha value is -1.91. The topological polar surface area (TPSA) is 49.4 Å². The third-order valence-electron chi connectivity index (χ3n) is 3.93. The Morgan fingerprint density at radius 3 is 2.57 bits per heavy atom. The predicted octanol–water partition coefficient (Wildman–Crippen LogP) is 2.35. The van der Waals surface area contributed by atoms with Gasteiger partial charge in [0, 0.05) is 26.1 Å². The van der Waals surface area contributed by atoms with Crippen molar-refractivity contribution in [3.8, 4) is 0 Å². The molecule has 2 rings (SSSR count). The second-order valence-corrected chi connectivity index (χ2v) is 5.39. The van der Waals surface area contributed by atoms with Crippen molar-refractivity contribution in [2.75, 3.05) is 13.1 Å². The lowest BCUT2D eigenvalue weighted by Crippen LogP contribution is -2.42. The molecule has 1 aromatic carbocycles. The lowest BCUT2D eigenvalue weighted by molar-refractivity contribution is -0.130. The molecule has 4 nitrogen and oxygen atoms in total. The number of nitrogens with one attached hydrogen (secondary N) is 1. The summed E-state index contributed by atoms with van der Waals surface area (Å²) >= 11 is 0. The maximum absolute atomic E-state index is 13.5. The number of rotatable bonds is 5. The summed E-state index contributed by atoms with van der Waals surface area (Å²) < 4.78 is 13.5. The minimum absolute atomic E-state index is 0.0297. The van der Waals surface area contributed by atoms with Crippen LogP contribution in [0, 0.1) is 5.82 Å². The molecular weight excluding hydrogens is 271 g/mol. The van der Waals surface area contributed by atoms with Gasteiger partial charge in [-0.1, -0.05) is 25.0 Å². The second kappa shape index (κ2) is 7.20. The molecule has 0 bridgehead atoms. The Morgan fingerprint density at radius 2 is 1.95 bits per heavy atom. The van der Waals surface area contributed by atoms with Crippen molar-refractivity contribution in [3.63, 3.8) is 0 Å². The molecule has 1 fully saturated rings. The van der Waals surface area contributed by atoms with E-state index in [0.717, 1.165) is 25.7 Å². The van der Waals surface area contributed by atoms with Gasteiger partial charge in [-0.25, -0.2) is 4.39 Å². The minimum atomic E-state index is -0.533. The van der Waals surface area contributed by atoms with E-state index in [1.807, 2.05) is 4.90 Å². The zero-order chi connectivity index (χ0) is 15.2. The third kappa shape index (κ3) is 4.03. The van der Waals surface area contributed by atoms with Crippen molar-refractivity contribution >= 4 is 11.8 Å². The van der Waals surface area contributed by atoms with Gasteiger partial charge in [-0.3, -0.25) is 9.59 Å². The molecule has 1 saturated carbocycles. The van der Waals surface area contributed by atoms with Gasteiger partial charge in [0.2, 0.25) is 5.91 Å². The summed E-state index contributed by atoms with van der Waals surface area (Å²) in [4.78, 5) is 25.4. The molecule has 0 spiro atoms. The molecule has 5 heteroatoms. The lowest BCUT2D eigenvalue weighted by Gasteiger charge is -2.27. The summed E-state index contributed by atoms with van der Waals surface area (Å²) in [6, 6.07) is 6.16. The average molecular weight is 292 g/mol. The van der Waals surface area contributed by atoms with E-state index in [1.54, 1.807) is 19.1 Å². The first-order chi connectivity index (χ1) is 10.1. The van der Waals surface area contributed by atoms with Crippen molar-refractivity contribution in [3.05, 3.63) is 35.6 Å². The summed E-state index contributed by atoms with van der Waals surface area (Å²) in [6.07, 6.45) is 4.35. The highest BCUT2D eigenvalue weighted by molar-refractivity contribution is 5.94. The highest BCUT2D eigenvalue weighted by atomic mass is 19.1. The van der Waals surface area contributed by atoms with Gasteiger partial charge in [0.05, 0.1) is 5.56 Å². The van der Waals surface area contributed by atoms with Gasteiger partial charge < -0.3 is 10.2 Å². The van der Waals surface area contributed by atoms with Crippen LogP contribution in [0.25, 0.3) is 0 Å². The molecule has 1 aliphatic carbocycles. The Kier molecular flexibility index (Phi) is 5.31. The first-order valence-electron chi connectivity index (χ1n) is 7.39. The number of carbonyl (C=O) groups is 2. The van der Waals surface area contributed by atoms with E-state index in [0.29, 0.717) is 13.1 Å².